The maximum atomic E-state index is 5.65. The zero-order valence-corrected chi connectivity index (χ0v) is 14.9. The molecule has 1 aliphatic heterocycles. The molecule has 6 heteroatoms. The van der Waals surface area contributed by atoms with Crippen molar-refractivity contribution in [1.82, 2.24) is 25.3 Å². The molecule has 0 amide bonds. The standard InChI is InChI=1S/C19H23N5O/c1-12(2)16-10-14(13-6-4-5-7-15(13)21-16)19-22-18(23-25-19)17-11-20-8-9-24(17)3/h4-7,10,12,17,20H,8-9,11H2,1-3H3. The Hall–Kier alpha value is -2.31. The molecule has 1 fully saturated rings. The van der Waals surface area contributed by atoms with E-state index in [0.717, 1.165) is 47.6 Å². The normalized spacial score (nSPS) is 19.0. The zero-order chi connectivity index (χ0) is 17.4. The first-order valence-corrected chi connectivity index (χ1v) is 8.78. The molecule has 0 spiro atoms. The van der Waals surface area contributed by atoms with Gasteiger partial charge in [0.15, 0.2) is 5.82 Å². The molecule has 4 rings (SSSR count). The van der Waals surface area contributed by atoms with E-state index < -0.39 is 0 Å². The van der Waals surface area contributed by atoms with E-state index in [1.165, 1.54) is 0 Å². The Morgan fingerprint density at radius 1 is 1.24 bits per heavy atom. The quantitative estimate of drug-likeness (QED) is 0.792. The van der Waals surface area contributed by atoms with Crippen LogP contribution in [0.5, 0.6) is 0 Å². The van der Waals surface area contributed by atoms with Crippen LogP contribution in [0.2, 0.25) is 0 Å². The Kier molecular flexibility index (Phi) is 4.23. The van der Waals surface area contributed by atoms with E-state index in [4.69, 9.17) is 14.5 Å². The molecule has 1 N–H and O–H groups in total. The topological polar surface area (TPSA) is 67.1 Å². The minimum atomic E-state index is 0.143. The van der Waals surface area contributed by atoms with Crippen molar-refractivity contribution < 1.29 is 4.52 Å². The molecule has 3 heterocycles. The predicted molar refractivity (Wildman–Crippen MR) is 97.4 cm³/mol. The molecule has 1 unspecified atom stereocenters. The highest BCUT2D eigenvalue weighted by Crippen LogP contribution is 2.30. The number of pyridine rings is 1. The Bertz CT molecular complexity index is 888. The third-order valence-corrected chi connectivity index (χ3v) is 4.81. The van der Waals surface area contributed by atoms with Crippen LogP contribution >= 0.6 is 0 Å². The van der Waals surface area contributed by atoms with Gasteiger partial charge in [-0.15, -0.1) is 0 Å². The fourth-order valence-corrected chi connectivity index (χ4v) is 3.24. The van der Waals surface area contributed by atoms with E-state index in [0.29, 0.717) is 11.8 Å². The highest BCUT2D eigenvalue weighted by molar-refractivity contribution is 5.92. The summed E-state index contributed by atoms with van der Waals surface area (Å²) < 4.78 is 5.65. The minimum Gasteiger partial charge on any atom is -0.334 e. The summed E-state index contributed by atoms with van der Waals surface area (Å²) in [4.78, 5) is 11.7. The van der Waals surface area contributed by atoms with Gasteiger partial charge in [-0.2, -0.15) is 4.98 Å². The van der Waals surface area contributed by atoms with Crippen molar-refractivity contribution in [2.24, 2.45) is 0 Å². The first kappa shape index (κ1) is 16.2. The zero-order valence-electron chi connectivity index (χ0n) is 14.9. The lowest BCUT2D eigenvalue weighted by Gasteiger charge is -2.30. The lowest BCUT2D eigenvalue weighted by Crippen LogP contribution is -2.44. The van der Waals surface area contributed by atoms with Crippen molar-refractivity contribution >= 4 is 10.9 Å². The number of para-hydroxylation sites is 1. The van der Waals surface area contributed by atoms with Crippen LogP contribution in [0.25, 0.3) is 22.4 Å². The van der Waals surface area contributed by atoms with Gasteiger partial charge in [0.25, 0.3) is 5.89 Å². The lowest BCUT2D eigenvalue weighted by atomic mass is 10.0. The third kappa shape index (κ3) is 3.03. The van der Waals surface area contributed by atoms with Crippen LogP contribution in [0.1, 0.15) is 37.3 Å². The summed E-state index contributed by atoms with van der Waals surface area (Å²) in [6.45, 7) is 7.09. The summed E-state index contributed by atoms with van der Waals surface area (Å²) in [6, 6.07) is 10.3. The third-order valence-electron chi connectivity index (χ3n) is 4.81. The summed E-state index contributed by atoms with van der Waals surface area (Å²) in [7, 11) is 2.10. The smallest absolute Gasteiger partial charge is 0.258 e. The molecule has 1 saturated heterocycles. The second-order valence-corrected chi connectivity index (χ2v) is 6.92. The van der Waals surface area contributed by atoms with Crippen molar-refractivity contribution in [3.63, 3.8) is 0 Å². The van der Waals surface area contributed by atoms with Crippen molar-refractivity contribution in [1.29, 1.82) is 0 Å². The SMILES string of the molecule is CC(C)c1cc(-c2nc(C3CNCCN3C)no2)c2ccccc2n1. The van der Waals surface area contributed by atoms with Gasteiger partial charge in [-0.05, 0) is 25.1 Å². The molecule has 1 atom stereocenters. The Labute approximate surface area is 147 Å². The van der Waals surface area contributed by atoms with E-state index in [1.807, 2.05) is 18.2 Å². The van der Waals surface area contributed by atoms with Crippen molar-refractivity contribution in [2.75, 3.05) is 26.7 Å². The van der Waals surface area contributed by atoms with Crippen molar-refractivity contribution in [3.8, 4) is 11.5 Å². The summed E-state index contributed by atoms with van der Waals surface area (Å²) in [6.07, 6.45) is 0. The molecule has 0 bridgehead atoms. The van der Waals surface area contributed by atoms with E-state index in [1.54, 1.807) is 0 Å². The second-order valence-electron chi connectivity index (χ2n) is 6.92. The van der Waals surface area contributed by atoms with Crippen molar-refractivity contribution in [3.05, 3.63) is 41.9 Å². The van der Waals surface area contributed by atoms with Crippen LogP contribution in [0.4, 0.5) is 0 Å². The van der Waals surface area contributed by atoms with Gasteiger partial charge in [0, 0.05) is 30.7 Å². The average molecular weight is 337 g/mol. The number of likely N-dealkylation sites (N-methyl/N-ethyl adjacent to an activating group) is 1. The van der Waals surface area contributed by atoms with Crippen LogP contribution in [-0.4, -0.2) is 46.7 Å². The monoisotopic (exact) mass is 337 g/mol. The number of hydrogen-bond acceptors (Lipinski definition) is 6. The maximum absolute atomic E-state index is 5.65. The van der Waals surface area contributed by atoms with Gasteiger partial charge in [-0.1, -0.05) is 37.2 Å². The van der Waals surface area contributed by atoms with Crippen LogP contribution in [0, 0.1) is 0 Å². The van der Waals surface area contributed by atoms with Gasteiger partial charge in [0.05, 0.1) is 17.1 Å². The molecule has 6 nitrogen and oxygen atoms in total. The average Bonchev–Trinajstić information content (AvgIpc) is 3.10. The van der Waals surface area contributed by atoms with Gasteiger partial charge in [0.1, 0.15) is 0 Å². The number of fused-ring (bicyclic) bond motifs is 1. The summed E-state index contributed by atoms with van der Waals surface area (Å²) in [5.41, 5.74) is 2.95. The molecular weight excluding hydrogens is 314 g/mol. The molecule has 0 saturated carbocycles. The molecule has 3 aromatic rings. The molecule has 0 aliphatic carbocycles. The number of aromatic nitrogens is 3. The molecular formula is C19H23N5O. The Morgan fingerprint density at radius 2 is 2.08 bits per heavy atom. The second kappa shape index (κ2) is 6.54. The first-order chi connectivity index (χ1) is 12.1. The fraction of sp³-hybridized carbons (Fsp3) is 0.421. The van der Waals surface area contributed by atoms with Gasteiger partial charge in [-0.3, -0.25) is 9.88 Å². The van der Waals surface area contributed by atoms with Crippen LogP contribution in [-0.2, 0) is 0 Å². The molecule has 1 aliphatic rings. The van der Waals surface area contributed by atoms with Crippen LogP contribution in [0.15, 0.2) is 34.9 Å². The summed E-state index contributed by atoms with van der Waals surface area (Å²) in [5, 5.41) is 8.69. The number of hydrogen-bond donors (Lipinski definition) is 1. The van der Waals surface area contributed by atoms with Gasteiger partial charge in [-0.25, -0.2) is 0 Å². The molecule has 25 heavy (non-hydrogen) atoms. The van der Waals surface area contributed by atoms with E-state index in [2.05, 4.69) is 48.4 Å². The molecule has 0 radical (unpaired) electrons. The lowest BCUT2D eigenvalue weighted by molar-refractivity contribution is 0.190. The largest absolute Gasteiger partial charge is 0.334 e. The Morgan fingerprint density at radius 3 is 2.88 bits per heavy atom. The number of nitrogens with one attached hydrogen (secondary N) is 1. The minimum absolute atomic E-state index is 0.143. The van der Waals surface area contributed by atoms with Crippen LogP contribution < -0.4 is 5.32 Å². The summed E-state index contributed by atoms with van der Waals surface area (Å²) in [5.74, 6) is 1.63. The fourth-order valence-electron chi connectivity index (χ4n) is 3.24. The van der Waals surface area contributed by atoms with E-state index in [9.17, 15) is 0 Å². The predicted octanol–water partition coefficient (Wildman–Crippen LogP) is 2.98. The highest BCUT2D eigenvalue weighted by atomic mass is 16.5. The molecule has 2 aromatic heterocycles. The number of piperazine rings is 1. The van der Waals surface area contributed by atoms with Crippen molar-refractivity contribution in [2.45, 2.75) is 25.8 Å². The number of benzene rings is 1. The first-order valence-electron chi connectivity index (χ1n) is 8.78. The highest BCUT2D eigenvalue weighted by Gasteiger charge is 2.26. The summed E-state index contributed by atoms with van der Waals surface area (Å²) >= 11 is 0. The Balaban J connectivity index is 1.79. The van der Waals surface area contributed by atoms with Gasteiger partial charge >= 0.3 is 0 Å². The van der Waals surface area contributed by atoms with E-state index >= 15 is 0 Å². The molecule has 130 valence electrons. The molecule has 1 aromatic carbocycles. The van der Waals surface area contributed by atoms with Crippen LogP contribution in [0.3, 0.4) is 0 Å². The van der Waals surface area contributed by atoms with Gasteiger partial charge in [0.2, 0.25) is 0 Å². The van der Waals surface area contributed by atoms with E-state index in [-0.39, 0.29) is 6.04 Å². The number of rotatable bonds is 3. The maximum Gasteiger partial charge on any atom is 0.258 e. The number of nitrogens with zero attached hydrogens (tertiary/aromatic N) is 4. The van der Waals surface area contributed by atoms with Gasteiger partial charge < -0.3 is 9.84 Å².